The summed E-state index contributed by atoms with van der Waals surface area (Å²) in [6.45, 7) is 3.25. The molecule has 1 atom stereocenters. The summed E-state index contributed by atoms with van der Waals surface area (Å²) >= 11 is 0. The third kappa shape index (κ3) is 3.80. The van der Waals surface area contributed by atoms with Crippen LogP contribution in [0.2, 0.25) is 0 Å². The molecule has 1 aliphatic rings. The molecule has 1 fully saturated rings. The average molecular weight is 377 g/mol. The van der Waals surface area contributed by atoms with Crippen LogP contribution in [-0.2, 0) is 0 Å². The number of piperidine rings is 1. The maximum absolute atomic E-state index is 11.4. The Morgan fingerprint density at radius 2 is 1.89 bits per heavy atom. The summed E-state index contributed by atoms with van der Waals surface area (Å²) in [5.74, 6) is 0.916. The minimum absolute atomic E-state index is 0.0254. The molecule has 7 heteroatoms. The Kier molecular flexibility index (Phi) is 5.16. The summed E-state index contributed by atoms with van der Waals surface area (Å²) in [5, 5.41) is 18.9. The number of pyridine rings is 1. The SMILES string of the molecule is CC(=O)c1ccc(N2CCC(n3cc([C@H](O)c4ccccc4)nn3)CC2)nc1. The number of benzene rings is 1. The standard InChI is InChI=1S/C21H23N5O2/c1-15(27)17-7-8-20(22-13-17)25-11-9-18(10-12-25)26-14-19(23-24-26)21(28)16-5-3-2-4-6-16/h2-8,13-14,18,21,28H,9-12H2,1H3/t21-/m1/s1. The van der Waals surface area contributed by atoms with Gasteiger partial charge in [-0.1, -0.05) is 35.5 Å². The van der Waals surface area contributed by atoms with E-state index in [0.29, 0.717) is 11.3 Å². The van der Waals surface area contributed by atoms with Crippen LogP contribution < -0.4 is 4.90 Å². The van der Waals surface area contributed by atoms with Crippen LogP contribution in [0.1, 0.15) is 53.5 Å². The molecule has 3 aromatic rings. The number of aliphatic hydroxyl groups excluding tert-OH is 1. The predicted octanol–water partition coefficient (Wildman–Crippen LogP) is 2.80. The minimum Gasteiger partial charge on any atom is -0.382 e. The van der Waals surface area contributed by atoms with Crippen LogP contribution >= 0.6 is 0 Å². The highest BCUT2D eigenvalue weighted by Crippen LogP contribution is 2.26. The van der Waals surface area contributed by atoms with Crippen molar-refractivity contribution in [3.8, 4) is 0 Å². The molecule has 0 bridgehead atoms. The topological polar surface area (TPSA) is 84.1 Å². The summed E-state index contributed by atoms with van der Waals surface area (Å²) < 4.78 is 1.87. The van der Waals surface area contributed by atoms with Crippen molar-refractivity contribution in [1.29, 1.82) is 0 Å². The molecule has 1 N–H and O–H groups in total. The average Bonchev–Trinajstić information content (AvgIpc) is 3.24. The number of anilines is 1. The Labute approximate surface area is 163 Å². The third-order valence-electron chi connectivity index (χ3n) is 5.24. The first-order chi connectivity index (χ1) is 13.6. The van der Waals surface area contributed by atoms with Gasteiger partial charge >= 0.3 is 0 Å². The first-order valence-corrected chi connectivity index (χ1v) is 9.48. The first-order valence-electron chi connectivity index (χ1n) is 9.48. The van der Waals surface area contributed by atoms with Gasteiger partial charge in [0.15, 0.2) is 5.78 Å². The van der Waals surface area contributed by atoms with Crippen LogP contribution in [0.3, 0.4) is 0 Å². The highest BCUT2D eigenvalue weighted by Gasteiger charge is 2.24. The van der Waals surface area contributed by atoms with Gasteiger partial charge in [0.05, 0.1) is 12.2 Å². The van der Waals surface area contributed by atoms with Gasteiger partial charge in [-0.2, -0.15) is 0 Å². The number of hydrogen-bond donors (Lipinski definition) is 1. The number of carbonyl (C=O) groups excluding carboxylic acids is 1. The van der Waals surface area contributed by atoms with Gasteiger partial charge in [-0.05, 0) is 37.5 Å². The first kappa shape index (κ1) is 18.3. The second-order valence-electron chi connectivity index (χ2n) is 7.12. The Bertz CT molecular complexity index is 931. The predicted molar refractivity (Wildman–Crippen MR) is 105 cm³/mol. The summed E-state index contributed by atoms with van der Waals surface area (Å²) in [4.78, 5) is 18.0. The minimum atomic E-state index is -0.765. The van der Waals surface area contributed by atoms with E-state index in [0.717, 1.165) is 37.3 Å². The number of ketones is 1. The van der Waals surface area contributed by atoms with Crippen molar-refractivity contribution in [2.75, 3.05) is 18.0 Å². The van der Waals surface area contributed by atoms with Crippen LogP contribution in [0.5, 0.6) is 0 Å². The van der Waals surface area contributed by atoms with Crippen LogP contribution in [0.15, 0.2) is 54.9 Å². The zero-order chi connectivity index (χ0) is 19.5. The number of hydrogen-bond acceptors (Lipinski definition) is 6. The highest BCUT2D eigenvalue weighted by molar-refractivity contribution is 5.93. The van der Waals surface area contributed by atoms with Crippen molar-refractivity contribution >= 4 is 11.6 Å². The Morgan fingerprint density at radius 3 is 2.54 bits per heavy atom. The molecule has 144 valence electrons. The van der Waals surface area contributed by atoms with Gasteiger partial charge in [0.25, 0.3) is 0 Å². The zero-order valence-electron chi connectivity index (χ0n) is 15.8. The van der Waals surface area contributed by atoms with Crippen molar-refractivity contribution in [3.63, 3.8) is 0 Å². The maximum Gasteiger partial charge on any atom is 0.161 e. The lowest BCUT2D eigenvalue weighted by molar-refractivity contribution is 0.101. The molecule has 28 heavy (non-hydrogen) atoms. The van der Waals surface area contributed by atoms with E-state index in [4.69, 9.17) is 0 Å². The molecule has 0 amide bonds. The van der Waals surface area contributed by atoms with E-state index in [-0.39, 0.29) is 11.8 Å². The van der Waals surface area contributed by atoms with Crippen molar-refractivity contribution in [2.24, 2.45) is 0 Å². The lowest BCUT2D eigenvalue weighted by atomic mass is 10.0. The van der Waals surface area contributed by atoms with E-state index in [2.05, 4.69) is 20.2 Å². The number of rotatable bonds is 5. The van der Waals surface area contributed by atoms with Gasteiger partial charge in [0.1, 0.15) is 17.6 Å². The van der Waals surface area contributed by atoms with Crippen molar-refractivity contribution in [1.82, 2.24) is 20.0 Å². The molecule has 3 heterocycles. The van der Waals surface area contributed by atoms with E-state index in [1.807, 2.05) is 53.3 Å². The Balaban J connectivity index is 1.39. The second kappa shape index (κ2) is 7.90. The van der Waals surface area contributed by atoms with Crippen LogP contribution in [0.4, 0.5) is 5.82 Å². The molecular formula is C21H23N5O2. The molecular weight excluding hydrogens is 354 g/mol. The number of carbonyl (C=O) groups is 1. The lowest BCUT2D eigenvalue weighted by Gasteiger charge is -2.32. The number of Topliss-reactive ketones (excluding diaryl/α,β-unsaturated/α-hetero) is 1. The lowest BCUT2D eigenvalue weighted by Crippen LogP contribution is -2.35. The molecule has 0 saturated carbocycles. The smallest absolute Gasteiger partial charge is 0.161 e. The normalized spacial score (nSPS) is 16.1. The fraction of sp³-hybridized carbons (Fsp3) is 0.333. The molecule has 7 nitrogen and oxygen atoms in total. The molecule has 1 saturated heterocycles. The van der Waals surface area contributed by atoms with E-state index in [1.54, 1.807) is 13.1 Å². The van der Waals surface area contributed by atoms with Gasteiger partial charge in [-0.15, -0.1) is 5.10 Å². The monoisotopic (exact) mass is 377 g/mol. The maximum atomic E-state index is 11.4. The zero-order valence-corrected chi connectivity index (χ0v) is 15.8. The number of nitrogens with zero attached hydrogens (tertiary/aromatic N) is 5. The Hall–Kier alpha value is -3.06. The van der Waals surface area contributed by atoms with Crippen LogP contribution in [-0.4, -0.2) is 44.0 Å². The number of aliphatic hydroxyl groups is 1. The molecule has 1 aliphatic heterocycles. The molecule has 0 aliphatic carbocycles. The summed E-state index contributed by atoms with van der Waals surface area (Å²) in [6.07, 6.45) is 4.55. The summed E-state index contributed by atoms with van der Waals surface area (Å²) in [5.41, 5.74) is 2.00. The third-order valence-corrected chi connectivity index (χ3v) is 5.24. The van der Waals surface area contributed by atoms with Crippen molar-refractivity contribution in [3.05, 3.63) is 71.7 Å². The van der Waals surface area contributed by atoms with Gasteiger partial charge in [-0.25, -0.2) is 9.67 Å². The quantitative estimate of drug-likeness (QED) is 0.689. The molecule has 0 radical (unpaired) electrons. The molecule has 1 aromatic carbocycles. The molecule has 0 unspecified atom stereocenters. The van der Waals surface area contributed by atoms with E-state index in [9.17, 15) is 9.90 Å². The van der Waals surface area contributed by atoms with Gasteiger partial charge in [0, 0.05) is 24.8 Å². The van der Waals surface area contributed by atoms with E-state index in [1.165, 1.54) is 0 Å². The summed E-state index contributed by atoms with van der Waals surface area (Å²) in [6, 6.07) is 13.5. The van der Waals surface area contributed by atoms with Crippen LogP contribution in [0.25, 0.3) is 0 Å². The van der Waals surface area contributed by atoms with Crippen molar-refractivity contribution < 1.29 is 9.90 Å². The largest absolute Gasteiger partial charge is 0.382 e. The second-order valence-corrected chi connectivity index (χ2v) is 7.12. The van der Waals surface area contributed by atoms with Gasteiger partial charge in [0.2, 0.25) is 0 Å². The fourth-order valence-electron chi connectivity index (χ4n) is 3.54. The van der Waals surface area contributed by atoms with Gasteiger partial charge < -0.3 is 10.0 Å². The fourth-order valence-corrected chi connectivity index (χ4v) is 3.54. The van der Waals surface area contributed by atoms with Gasteiger partial charge in [-0.3, -0.25) is 4.79 Å². The summed E-state index contributed by atoms with van der Waals surface area (Å²) in [7, 11) is 0. The Morgan fingerprint density at radius 1 is 1.14 bits per heavy atom. The van der Waals surface area contributed by atoms with Crippen molar-refractivity contribution in [2.45, 2.75) is 31.9 Å². The van der Waals surface area contributed by atoms with Crippen LogP contribution in [0, 0.1) is 0 Å². The van der Waals surface area contributed by atoms with E-state index >= 15 is 0 Å². The van der Waals surface area contributed by atoms with E-state index < -0.39 is 6.10 Å². The number of aromatic nitrogens is 4. The highest BCUT2D eigenvalue weighted by atomic mass is 16.3. The molecule has 2 aromatic heterocycles. The molecule has 0 spiro atoms. The molecule has 4 rings (SSSR count).